The second kappa shape index (κ2) is 5.19. The zero-order chi connectivity index (χ0) is 11.4. The van der Waals surface area contributed by atoms with Gasteiger partial charge in [-0.05, 0) is 36.1 Å². The summed E-state index contributed by atoms with van der Waals surface area (Å²) < 4.78 is 0. The highest BCUT2D eigenvalue weighted by atomic mass is 35.5. The number of thiophene rings is 1. The Labute approximate surface area is 105 Å². The molecular weight excluding hydrogens is 242 g/mol. The van der Waals surface area contributed by atoms with Gasteiger partial charge in [0.2, 0.25) is 5.91 Å². The van der Waals surface area contributed by atoms with Crippen molar-refractivity contribution in [3.63, 3.8) is 0 Å². The Kier molecular flexibility index (Phi) is 3.87. The van der Waals surface area contributed by atoms with Gasteiger partial charge in [0.05, 0.1) is 6.42 Å². The molecule has 0 spiro atoms. The van der Waals surface area contributed by atoms with Crippen LogP contribution < -0.4 is 5.32 Å². The molecule has 1 aliphatic carbocycles. The van der Waals surface area contributed by atoms with Crippen molar-refractivity contribution in [2.45, 2.75) is 25.7 Å². The minimum atomic E-state index is 0.128. The summed E-state index contributed by atoms with van der Waals surface area (Å²) in [6.07, 6.45) is 3.94. The molecule has 1 heterocycles. The summed E-state index contributed by atoms with van der Waals surface area (Å²) in [6, 6.07) is 3.97. The highest BCUT2D eigenvalue weighted by Crippen LogP contribution is 2.48. The van der Waals surface area contributed by atoms with Crippen molar-refractivity contribution in [3.05, 3.63) is 22.4 Å². The van der Waals surface area contributed by atoms with Crippen LogP contribution in [0.25, 0.3) is 0 Å². The Morgan fingerprint density at radius 1 is 1.56 bits per heavy atom. The van der Waals surface area contributed by atoms with Gasteiger partial charge in [0.1, 0.15) is 0 Å². The second-order valence-corrected chi connectivity index (χ2v) is 5.88. The minimum absolute atomic E-state index is 0.128. The molecule has 2 rings (SSSR count). The van der Waals surface area contributed by atoms with Gasteiger partial charge >= 0.3 is 0 Å². The van der Waals surface area contributed by atoms with Crippen molar-refractivity contribution in [1.29, 1.82) is 0 Å². The van der Waals surface area contributed by atoms with Gasteiger partial charge in [-0.2, -0.15) is 0 Å². The van der Waals surface area contributed by atoms with Crippen molar-refractivity contribution in [3.8, 4) is 0 Å². The molecule has 1 N–H and O–H groups in total. The Morgan fingerprint density at radius 2 is 2.38 bits per heavy atom. The van der Waals surface area contributed by atoms with Crippen LogP contribution >= 0.6 is 22.9 Å². The van der Waals surface area contributed by atoms with Crippen LogP contribution in [0.5, 0.6) is 0 Å². The Balaban J connectivity index is 1.72. The van der Waals surface area contributed by atoms with Crippen molar-refractivity contribution in [1.82, 2.24) is 5.32 Å². The summed E-state index contributed by atoms with van der Waals surface area (Å²) in [5.74, 6) is 0.823. The fourth-order valence-corrected chi connectivity index (χ4v) is 2.92. The molecule has 0 saturated heterocycles. The molecular formula is C12H16ClNOS. The van der Waals surface area contributed by atoms with E-state index in [9.17, 15) is 4.79 Å². The van der Waals surface area contributed by atoms with E-state index in [4.69, 9.17) is 11.6 Å². The third kappa shape index (κ3) is 3.22. The number of alkyl halides is 1. The van der Waals surface area contributed by atoms with Crippen molar-refractivity contribution >= 4 is 28.8 Å². The van der Waals surface area contributed by atoms with Crippen molar-refractivity contribution in [2.75, 3.05) is 12.4 Å². The van der Waals surface area contributed by atoms with Crippen LogP contribution in [0.3, 0.4) is 0 Å². The number of nitrogens with one attached hydrogen (secondary N) is 1. The summed E-state index contributed by atoms with van der Waals surface area (Å²) in [4.78, 5) is 12.8. The number of hydrogen-bond donors (Lipinski definition) is 1. The molecule has 0 aliphatic heterocycles. The van der Waals surface area contributed by atoms with E-state index in [1.54, 1.807) is 11.3 Å². The summed E-state index contributed by atoms with van der Waals surface area (Å²) in [5.41, 5.74) is 0.326. The fraction of sp³-hybridized carbons (Fsp3) is 0.583. The average molecular weight is 258 g/mol. The van der Waals surface area contributed by atoms with Crippen LogP contribution in [0.15, 0.2) is 17.5 Å². The average Bonchev–Trinajstić information content (AvgIpc) is 2.83. The van der Waals surface area contributed by atoms with Gasteiger partial charge in [0.25, 0.3) is 0 Å². The monoisotopic (exact) mass is 257 g/mol. The predicted molar refractivity (Wildman–Crippen MR) is 68.0 cm³/mol. The topological polar surface area (TPSA) is 29.1 Å². The SMILES string of the molecule is O=C(Cc1cccs1)NCC1(CCCl)CC1. The maximum atomic E-state index is 11.7. The second-order valence-electron chi connectivity index (χ2n) is 4.47. The van der Waals surface area contributed by atoms with Gasteiger partial charge in [-0.3, -0.25) is 4.79 Å². The molecule has 4 heteroatoms. The standard InChI is InChI=1S/C12H16ClNOS/c13-6-5-12(3-4-12)9-14-11(15)8-10-2-1-7-16-10/h1-2,7H,3-6,8-9H2,(H,14,15). The molecule has 0 bridgehead atoms. The first kappa shape index (κ1) is 11.9. The number of carbonyl (C=O) groups is 1. The molecule has 0 unspecified atom stereocenters. The molecule has 1 saturated carbocycles. The highest BCUT2D eigenvalue weighted by Gasteiger charge is 2.41. The van der Waals surface area contributed by atoms with E-state index < -0.39 is 0 Å². The summed E-state index contributed by atoms with van der Waals surface area (Å²) in [6.45, 7) is 0.796. The molecule has 88 valence electrons. The lowest BCUT2D eigenvalue weighted by molar-refractivity contribution is -0.120. The van der Waals surface area contributed by atoms with E-state index in [0.717, 1.165) is 17.8 Å². The molecule has 0 radical (unpaired) electrons. The molecule has 1 amide bonds. The zero-order valence-electron chi connectivity index (χ0n) is 9.17. The van der Waals surface area contributed by atoms with E-state index in [-0.39, 0.29) is 5.91 Å². The van der Waals surface area contributed by atoms with Crippen molar-refractivity contribution < 1.29 is 4.79 Å². The van der Waals surface area contributed by atoms with E-state index in [1.807, 2.05) is 17.5 Å². The Bertz CT molecular complexity index is 346. The van der Waals surface area contributed by atoms with Crippen LogP contribution in [0.2, 0.25) is 0 Å². The molecule has 16 heavy (non-hydrogen) atoms. The smallest absolute Gasteiger partial charge is 0.225 e. The van der Waals surface area contributed by atoms with Gasteiger partial charge < -0.3 is 5.32 Å². The maximum absolute atomic E-state index is 11.7. The number of amides is 1. The molecule has 1 aromatic rings. The maximum Gasteiger partial charge on any atom is 0.225 e. The number of hydrogen-bond acceptors (Lipinski definition) is 2. The van der Waals surface area contributed by atoms with E-state index >= 15 is 0 Å². The predicted octanol–water partition coefficient (Wildman–Crippen LogP) is 2.82. The third-order valence-corrected chi connectivity index (χ3v) is 4.22. The van der Waals surface area contributed by atoms with Gasteiger partial charge in [0, 0.05) is 17.3 Å². The molecule has 1 aromatic heterocycles. The van der Waals surface area contributed by atoms with Crippen LogP contribution in [-0.4, -0.2) is 18.3 Å². The van der Waals surface area contributed by atoms with E-state index in [1.165, 1.54) is 12.8 Å². The lowest BCUT2D eigenvalue weighted by Crippen LogP contribution is -2.31. The van der Waals surface area contributed by atoms with Gasteiger partial charge in [0.15, 0.2) is 0 Å². The summed E-state index contributed by atoms with van der Waals surface area (Å²) >= 11 is 7.37. The third-order valence-electron chi connectivity index (χ3n) is 3.16. The quantitative estimate of drug-likeness (QED) is 0.781. The van der Waals surface area contributed by atoms with E-state index in [0.29, 0.717) is 17.7 Å². The molecule has 0 aromatic carbocycles. The van der Waals surface area contributed by atoms with Gasteiger partial charge in [-0.1, -0.05) is 6.07 Å². The lowest BCUT2D eigenvalue weighted by atomic mass is 10.0. The largest absolute Gasteiger partial charge is 0.355 e. The Morgan fingerprint density at radius 3 is 2.94 bits per heavy atom. The van der Waals surface area contributed by atoms with Gasteiger partial charge in [-0.15, -0.1) is 22.9 Å². The van der Waals surface area contributed by atoms with Crippen molar-refractivity contribution in [2.24, 2.45) is 5.41 Å². The number of halogens is 1. The van der Waals surface area contributed by atoms with E-state index in [2.05, 4.69) is 5.32 Å². The molecule has 1 fully saturated rings. The van der Waals surface area contributed by atoms with Crippen LogP contribution in [0.4, 0.5) is 0 Å². The lowest BCUT2D eigenvalue weighted by Gasteiger charge is -2.14. The fourth-order valence-electron chi connectivity index (χ4n) is 1.81. The molecule has 2 nitrogen and oxygen atoms in total. The zero-order valence-corrected chi connectivity index (χ0v) is 10.7. The first-order valence-electron chi connectivity index (χ1n) is 5.59. The molecule has 0 atom stereocenters. The molecule has 1 aliphatic rings. The number of rotatable bonds is 6. The minimum Gasteiger partial charge on any atom is -0.355 e. The van der Waals surface area contributed by atoms with Crippen LogP contribution in [0, 0.1) is 5.41 Å². The highest BCUT2D eigenvalue weighted by molar-refractivity contribution is 7.10. The summed E-state index contributed by atoms with van der Waals surface area (Å²) in [7, 11) is 0. The van der Waals surface area contributed by atoms with Crippen LogP contribution in [-0.2, 0) is 11.2 Å². The normalized spacial score (nSPS) is 17.1. The summed E-state index contributed by atoms with van der Waals surface area (Å²) in [5, 5.41) is 5.02. The Hall–Kier alpha value is -0.540. The first-order valence-corrected chi connectivity index (χ1v) is 7.01. The van der Waals surface area contributed by atoms with Crippen LogP contribution in [0.1, 0.15) is 24.1 Å². The van der Waals surface area contributed by atoms with Gasteiger partial charge in [-0.25, -0.2) is 0 Å². The first-order chi connectivity index (χ1) is 7.74. The number of carbonyl (C=O) groups excluding carboxylic acids is 1.